The van der Waals surface area contributed by atoms with E-state index >= 15 is 0 Å². The zero-order valence-electron chi connectivity index (χ0n) is 14.9. The first-order chi connectivity index (χ1) is 13.4. The standard InChI is InChI=1S/C19H14N4O5/c1-11(24)28-16-8-7-12(17(23(25)26)18(16)27-2)9-13(10-20)19-21-14-5-3-4-6-15(14)22-19/h3-9H,1-2H3,(H,21,22)/b13-9+. The van der Waals surface area contributed by atoms with E-state index < -0.39 is 16.6 Å². The van der Waals surface area contributed by atoms with Crippen LogP contribution in [-0.4, -0.2) is 28.0 Å². The number of benzene rings is 2. The number of nitrogens with zero attached hydrogens (tertiary/aromatic N) is 3. The zero-order chi connectivity index (χ0) is 20.3. The number of hydrogen-bond acceptors (Lipinski definition) is 7. The molecule has 1 heterocycles. The summed E-state index contributed by atoms with van der Waals surface area (Å²) in [4.78, 5) is 29.5. The largest absolute Gasteiger partial charge is 0.488 e. The van der Waals surface area contributed by atoms with Crippen molar-refractivity contribution >= 4 is 34.3 Å². The van der Waals surface area contributed by atoms with Gasteiger partial charge in [0.2, 0.25) is 5.75 Å². The molecule has 0 atom stereocenters. The van der Waals surface area contributed by atoms with Crippen molar-refractivity contribution in [2.75, 3.05) is 7.11 Å². The van der Waals surface area contributed by atoms with Gasteiger partial charge in [0, 0.05) is 6.92 Å². The highest BCUT2D eigenvalue weighted by Gasteiger charge is 2.26. The number of nitriles is 1. The molecule has 0 fully saturated rings. The van der Waals surface area contributed by atoms with Crippen LogP contribution in [-0.2, 0) is 4.79 Å². The smallest absolute Gasteiger partial charge is 0.322 e. The van der Waals surface area contributed by atoms with Crippen LogP contribution in [0.1, 0.15) is 18.3 Å². The van der Waals surface area contributed by atoms with Crippen LogP contribution in [0.3, 0.4) is 0 Å². The molecule has 1 aromatic heterocycles. The number of H-pyrrole nitrogens is 1. The van der Waals surface area contributed by atoms with Gasteiger partial charge in [0.15, 0.2) is 5.75 Å². The average molecular weight is 378 g/mol. The minimum Gasteiger partial charge on any atom is -0.488 e. The third kappa shape index (κ3) is 3.52. The summed E-state index contributed by atoms with van der Waals surface area (Å²) in [5.74, 6) is -0.658. The van der Waals surface area contributed by atoms with Crippen LogP contribution >= 0.6 is 0 Å². The molecule has 0 aliphatic heterocycles. The molecule has 0 bridgehead atoms. The van der Waals surface area contributed by atoms with Crippen molar-refractivity contribution in [2.45, 2.75) is 6.92 Å². The van der Waals surface area contributed by atoms with Gasteiger partial charge in [-0.15, -0.1) is 0 Å². The lowest BCUT2D eigenvalue weighted by Crippen LogP contribution is -2.05. The van der Waals surface area contributed by atoms with Gasteiger partial charge in [0.1, 0.15) is 11.9 Å². The number of rotatable bonds is 5. The second kappa shape index (κ2) is 7.59. The first-order valence-corrected chi connectivity index (χ1v) is 8.05. The SMILES string of the molecule is COc1c(OC(C)=O)ccc(/C=C(\C#N)c2nc3ccccc3[nH]2)c1[N+](=O)[O-]. The fourth-order valence-corrected chi connectivity index (χ4v) is 2.69. The normalized spacial score (nSPS) is 11.1. The van der Waals surface area contributed by atoms with Crippen molar-refractivity contribution in [3.8, 4) is 17.6 Å². The van der Waals surface area contributed by atoms with Crippen LogP contribution in [0.15, 0.2) is 36.4 Å². The van der Waals surface area contributed by atoms with Crippen LogP contribution < -0.4 is 9.47 Å². The maximum absolute atomic E-state index is 11.6. The summed E-state index contributed by atoms with van der Waals surface area (Å²) in [6, 6.07) is 12.0. The molecule has 2 aromatic carbocycles. The van der Waals surface area contributed by atoms with E-state index in [4.69, 9.17) is 9.47 Å². The number of para-hydroxylation sites is 2. The molecule has 0 unspecified atom stereocenters. The Hall–Kier alpha value is -4.19. The molecule has 0 aliphatic carbocycles. The van der Waals surface area contributed by atoms with Gasteiger partial charge < -0.3 is 14.5 Å². The Balaban J connectivity index is 2.16. The lowest BCUT2D eigenvalue weighted by atomic mass is 10.1. The Labute approximate surface area is 159 Å². The number of hydrogen-bond donors (Lipinski definition) is 1. The van der Waals surface area contributed by atoms with Gasteiger partial charge in [-0.3, -0.25) is 14.9 Å². The van der Waals surface area contributed by atoms with E-state index in [2.05, 4.69) is 9.97 Å². The van der Waals surface area contributed by atoms with Gasteiger partial charge in [0.25, 0.3) is 0 Å². The molecule has 3 rings (SSSR count). The summed E-state index contributed by atoms with van der Waals surface area (Å²) < 4.78 is 10.1. The number of carbonyl (C=O) groups excluding carboxylic acids is 1. The minimum atomic E-state index is -0.661. The molecule has 3 aromatic rings. The fourth-order valence-electron chi connectivity index (χ4n) is 2.69. The zero-order valence-corrected chi connectivity index (χ0v) is 14.9. The third-order valence-corrected chi connectivity index (χ3v) is 3.83. The van der Waals surface area contributed by atoms with Crippen LogP contribution in [0.25, 0.3) is 22.7 Å². The van der Waals surface area contributed by atoms with Gasteiger partial charge in [-0.2, -0.15) is 5.26 Å². The van der Waals surface area contributed by atoms with Crippen molar-refractivity contribution in [2.24, 2.45) is 0 Å². The fraction of sp³-hybridized carbons (Fsp3) is 0.105. The van der Waals surface area contributed by atoms with Gasteiger partial charge in [0.05, 0.1) is 34.2 Å². The van der Waals surface area contributed by atoms with Crippen molar-refractivity contribution in [1.29, 1.82) is 5.26 Å². The summed E-state index contributed by atoms with van der Waals surface area (Å²) in [5.41, 5.74) is 1.17. The number of ether oxygens (including phenoxy) is 2. The predicted octanol–water partition coefficient (Wildman–Crippen LogP) is 3.47. The number of esters is 1. The van der Waals surface area contributed by atoms with Gasteiger partial charge in [-0.1, -0.05) is 12.1 Å². The van der Waals surface area contributed by atoms with Crippen molar-refractivity contribution in [3.05, 3.63) is 57.9 Å². The molecule has 140 valence electrons. The number of allylic oxidation sites excluding steroid dienone is 1. The van der Waals surface area contributed by atoms with Crippen LogP contribution in [0.2, 0.25) is 0 Å². The second-order valence-electron chi connectivity index (χ2n) is 5.66. The average Bonchev–Trinajstić information content (AvgIpc) is 3.09. The lowest BCUT2D eigenvalue weighted by Gasteiger charge is -2.10. The summed E-state index contributed by atoms with van der Waals surface area (Å²) in [5, 5.41) is 21.2. The summed E-state index contributed by atoms with van der Waals surface area (Å²) >= 11 is 0. The molecule has 9 nitrogen and oxygen atoms in total. The highest BCUT2D eigenvalue weighted by Crippen LogP contribution is 2.41. The first kappa shape index (κ1) is 18.6. The van der Waals surface area contributed by atoms with Crippen LogP contribution in [0.5, 0.6) is 11.5 Å². The number of nitro groups is 1. The number of aromatic amines is 1. The van der Waals surface area contributed by atoms with Crippen LogP contribution in [0.4, 0.5) is 5.69 Å². The van der Waals surface area contributed by atoms with Gasteiger partial charge >= 0.3 is 11.7 Å². The van der Waals surface area contributed by atoms with E-state index in [0.717, 1.165) is 5.52 Å². The molecular formula is C19H14N4O5. The van der Waals surface area contributed by atoms with Gasteiger partial charge in [-0.25, -0.2) is 4.98 Å². The maximum atomic E-state index is 11.6. The Kier molecular flexibility index (Phi) is 5.04. The Bertz CT molecular complexity index is 1120. The number of nitro benzene ring substituents is 1. The summed E-state index contributed by atoms with van der Waals surface area (Å²) in [6.45, 7) is 1.18. The minimum absolute atomic E-state index is 0.0823. The molecule has 1 N–H and O–H groups in total. The first-order valence-electron chi connectivity index (χ1n) is 8.05. The molecule has 9 heteroatoms. The van der Waals surface area contributed by atoms with E-state index in [1.807, 2.05) is 18.2 Å². The van der Waals surface area contributed by atoms with Crippen molar-refractivity contribution < 1.29 is 19.2 Å². The summed E-state index contributed by atoms with van der Waals surface area (Å²) in [6.07, 6.45) is 1.33. The highest BCUT2D eigenvalue weighted by molar-refractivity contribution is 5.92. The molecule has 0 amide bonds. The monoisotopic (exact) mass is 378 g/mol. The van der Waals surface area contributed by atoms with E-state index in [0.29, 0.717) is 5.52 Å². The number of methoxy groups -OCH3 is 1. The molecule has 28 heavy (non-hydrogen) atoms. The molecule has 0 radical (unpaired) electrons. The molecular weight excluding hydrogens is 364 g/mol. The topological polar surface area (TPSA) is 131 Å². The van der Waals surface area contributed by atoms with Crippen LogP contribution in [0, 0.1) is 21.4 Å². The van der Waals surface area contributed by atoms with E-state index in [1.54, 1.807) is 12.1 Å². The Morgan fingerprint density at radius 1 is 1.32 bits per heavy atom. The molecule has 0 aliphatic rings. The van der Waals surface area contributed by atoms with E-state index in [-0.39, 0.29) is 28.5 Å². The predicted molar refractivity (Wildman–Crippen MR) is 101 cm³/mol. The molecule has 0 saturated heterocycles. The summed E-state index contributed by atoms with van der Waals surface area (Å²) in [7, 11) is 1.23. The third-order valence-electron chi connectivity index (χ3n) is 3.83. The molecule has 0 spiro atoms. The Morgan fingerprint density at radius 2 is 2.07 bits per heavy atom. The number of imidazole rings is 1. The van der Waals surface area contributed by atoms with E-state index in [9.17, 15) is 20.2 Å². The number of carbonyl (C=O) groups is 1. The van der Waals surface area contributed by atoms with Gasteiger partial charge in [-0.05, 0) is 30.3 Å². The number of aromatic nitrogens is 2. The maximum Gasteiger partial charge on any atom is 0.322 e. The lowest BCUT2D eigenvalue weighted by molar-refractivity contribution is -0.386. The highest BCUT2D eigenvalue weighted by atomic mass is 16.6. The second-order valence-corrected chi connectivity index (χ2v) is 5.66. The number of fused-ring (bicyclic) bond motifs is 1. The molecule has 0 saturated carbocycles. The van der Waals surface area contributed by atoms with E-state index in [1.165, 1.54) is 32.2 Å². The Morgan fingerprint density at radius 3 is 2.68 bits per heavy atom. The van der Waals surface area contributed by atoms with Crippen molar-refractivity contribution in [3.63, 3.8) is 0 Å². The number of nitrogens with one attached hydrogen (secondary N) is 1. The van der Waals surface area contributed by atoms with Crippen molar-refractivity contribution in [1.82, 2.24) is 9.97 Å². The quantitative estimate of drug-likeness (QED) is 0.236.